The molecule has 0 unspecified atom stereocenters. The van der Waals surface area contributed by atoms with E-state index in [2.05, 4.69) is 59.3 Å². The second-order valence-corrected chi connectivity index (χ2v) is 5.22. The molecule has 2 heteroatoms. The van der Waals surface area contributed by atoms with Gasteiger partial charge in [-0.1, -0.05) is 42.5 Å². The summed E-state index contributed by atoms with van der Waals surface area (Å²) in [7, 11) is 2.20. The van der Waals surface area contributed by atoms with Crippen LogP contribution >= 0.6 is 0 Å². The Morgan fingerprint density at radius 2 is 1.61 bits per heavy atom. The van der Waals surface area contributed by atoms with Gasteiger partial charge in [0, 0.05) is 32.7 Å². The summed E-state index contributed by atoms with van der Waals surface area (Å²) >= 11 is 0. The average Bonchev–Trinajstić information content (AvgIpc) is 2.42. The minimum absolute atomic E-state index is 1.08. The van der Waals surface area contributed by atoms with Crippen molar-refractivity contribution in [2.24, 2.45) is 0 Å². The lowest BCUT2D eigenvalue weighted by molar-refractivity contribution is 0.148. The Kier molecular flexibility index (Phi) is 3.31. The van der Waals surface area contributed by atoms with Gasteiger partial charge in [-0.05, 0) is 23.4 Å². The van der Waals surface area contributed by atoms with Gasteiger partial charge in [-0.15, -0.1) is 0 Å². The molecule has 0 aliphatic carbocycles. The van der Waals surface area contributed by atoms with Crippen LogP contribution in [0.5, 0.6) is 0 Å². The highest BCUT2D eigenvalue weighted by atomic mass is 15.2. The van der Waals surface area contributed by atoms with Crippen molar-refractivity contribution in [2.45, 2.75) is 6.54 Å². The van der Waals surface area contributed by atoms with Gasteiger partial charge in [-0.2, -0.15) is 0 Å². The zero-order valence-electron chi connectivity index (χ0n) is 11.0. The molecule has 94 valence electrons. The molecule has 1 fully saturated rings. The first-order chi connectivity index (χ1) is 8.83. The first-order valence-electron chi connectivity index (χ1n) is 6.70. The Balaban J connectivity index is 1.82. The van der Waals surface area contributed by atoms with Crippen molar-refractivity contribution >= 4 is 10.8 Å². The van der Waals surface area contributed by atoms with E-state index >= 15 is 0 Å². The van der Waals surface area contributed by atoms with E-state index in [9.17, 15) is 0 Å². The largest absolute Gasteiger partial charge is 0.304 e. The average molecular weight is 240 g/mol. The molecular formula is C16H20N2. The van der Waals surface area contributed by atoms with Gasteiger partial charge in [0.1, 0.15) is 0 Å². The lowest BCUT2D eigenvalue weighted by Gasteiger charge is -2.32. The van der Waals surface area contributed by atoms with Gasteiger partial charge < -0.3 is 4.90 Å². The zero-order valence-corrected chi connectivity index (χ0v) is 11.0. The van der Waals surface area contributed by atoms with E-state index in [1.54, 1.807) is 0 Å². The maximum Gasteiger partial charge on any atom is 0.0240 e. The lowest BCUT2D eigenvalue weighted by atomic mass is 10.0. The number of likely N-dealkylation sites (N-methyl/N-ethyl adjacent to an activating group) is 1. The van der Waals surface area contributed by atoms with Crippen molar-refractivity contribution in [1.82, 2.24) is 9.80 Å². The number of hydrogen-bond acceptors (Lipinski definition) is 2. The highest BCUT2D eigenvalue weighted by Gasteiger charge is 2.14. The number of rotatable bonds is 2. The molecule has 2 nitrogen and oxygen atoms in total. The van der Waals surface area contributed by atoms with E-state index in [-0.39, 0.29) is 0 Å². The van der Waals surface area contributed by atoms with Gasteiger partial charge in [0.15, 0.2) is 0 Å². The quantitative estimate of drug-likeness (QED) is 0.796. The predicted molar refractivity (Wildman–Crippen MR) is 76.7 cm³/mol. The fourth-order valence-corrected chi connectivity index (χ4v) is 2.68. The Labute approximate surface area is 109 Å². The van der Waals surface area contributed by atoms with Crippen molar-refractivity contribution < 1.29 is 0 Å². The van der Waals surface area contributed by atoms with E-state index in [1.165, 1.54) is 42.5 Å². The minimum atomic E-state index is 1.08. The number of benzene rings is 2. The normalized spacial score (nSPS) is 18.3. The molecule has 0 spiro atoms. The molecule has 0 aromatic heterocycles. The van der Waals surface area contributed by atoms with Gasteiger partial charge in [-0.25, -0.2) is 0 Å². The summed E-state index contributed by atoms with van der Waals surface area (Å²) in [6, 6.07) is 15.3. The molecule has 1 heterocycles. The van der Waals surface area contributed by atoms with Crippen LogP contribution < -0.4 is 0 Å². The zero-order chi connectivity index (χ0) is 12.4. The Hall–Kier alpha value is -1.38. The van der Waals surface area contributed by atoms with E-state index < -0.39 is 0 Å². The Morgan fingerprint density at radius 1 is 0.889 bits per heavy atom. The topological polar surface area (TPSA) is 6.48 Å². The van der Waals surface area contributed by atoms with Gasteiger partial charge >= 0.3 is 0 Å². The molecule has 1 aliphatic heterocycles. The molecule has 0 atom stereocenters. The third-order valence-electron chi connectivity index (χ3n) is 3.87. The van der Waals surface area contributed by atoms with Crippen LogP contribution in [0.3, 0.4) is 0 Å². The fourth-order valence-electron chi connectivity index (χ4n) is 2.68. The molecule has 18 heavy (non-hydrogen) atoms. The van der Waals surface area contributed by atoms with Crippen molar-refractivity contribution in [3.05, 3.63) is 48.0 Å². The third kappa shape index (κ3) is 2.40. The van der Waals surface area contributed by atoms with E-state index in [4.69, 9.17) is 0 Å². The highest BCUT2D eigenvalue weighted by Crippen LogP contribution is 2.20. The summed E-state index contributed by atoms with van der Waals surface area (Å²) in [6.45, 7) is 5.81. The maximum atomic E-state index is 2.56. The first-order valence-corrected chi connectivity index (χ1v) is 6.70. The standard InChI is InChI=1S/C16H20N2/c1-17-9-11-18(12-10-17)13-15-7-4-6-14-5-2-3-8-16(14)15/h2-8H,9-13H2,1H3. The van der Waals surface area contributed by atoms with Crippen LogP contribution in [-0.2, 0) is 6.54 Å². The molecule has 2 aromatic carbocycles. The summed E-state index contributed by atoms with van der Waals surface area (Å²) < 4.78 is 0. The highest BCUT2D eigenvalue weighted by molar-refractivity contribution is 5.85. The monoisotopic (exact) mass is 240 g/mol. The fraction of sp³-hybridized carbons (Fsp3) is 0.375. The van der Waals surface area contributed by atoms with Crippen LogP contribution in [0.2, 0.25) is 0 Å². The second kappa shape index (κ2) is 5.09. The minimum Gasteiger partial charge on any atom is -0.304 e. The summed E-state index contributed by atoms with van der Waals surface area (Å²) in [6.07, 6.45) is 0. The summed E-state index contributed by atoms with van der Waals surface area (Å²) in [5.41, 5.74) is 1.46. The van der Waals surface area contributed by atoms with Crippen LogP contribution in [0.1, 0.15) is 5.56 Å². The molecule has 2 aromatic rings. The van der Waals surface area contributed by atoms with E-state index in [0.29, 0.717) is 0 Å². The van der Waals surface area contributed by atoms with Gasteiger partial charge in [-0.3, -0.25) is 4.90 Å². The van der Waals surface area contributed by atoms with Gasteiger partial charge in [0.05, 0.1) is 0 Å². The maximum absolute atomic E-state index is 2.56. The molecule has 0 radical (unpaired) electrons. The third-order valence-corrected chi connectivity index (χ3v) is 3.87. The smallest absolute Gasteiger partial charge is 0.0240 e. The van der Waals surface area contributed by atoms with E-state index in [0.717, 1.165) is 6.54 Å². The van der Waals surface area contributed by atoms with Gasteiger partial charge in [0.25, 0.3) is 0 Å². The Morgan fingerprint density at radius 3 is 2.44 bits per heavy atom. The SMILES string of the molecule is CN1CCN(Cc2cccc3ccccc23)CC1. The van der Waals surface area contributed by atoms with Crippen LogP contribution in [-0.4, -0.2) is 43.0 Å². The number of fused-ring (bicyclic) bond motifs is 1. The molecule has 0 saturated carbocycles. The molecule has 0 N–H and O–H groups in total. The number of hydrogen-bond donors (Lipinski definition) is 0. The molecule has 1 aliphatic rings. The Bertz CT molecular complexity index is 522. The summed E-state index contributed by atoms with van der Waals surface area (Å²) in [4.78, 5) is 4.96. The van der Waals surface area contributed by atoms with Crippen molar-refractivity contribution in [1.29, 1.82) is 0 Å². The summed E-state index contributed by atoms with van der Waals surface area (Å²) in [5, 5.41) is 2.75. The molecule has 0 bridgehead atoms. The van der Waals surface area contributed by atoms with Crippen LogP contribution in [0.4, 0.5) is 0 Å². The number of nitrogens with zero attached hydrogens (tertiary/aromatic N) is 2. The van der Waals surface area contributed by atoms with Crippen molar-refractivity contribution in [3.63, 3.8) is 0 Å². The second-order valence-electron chi connectivity index (χ2n) is 5.22. The molecule has 0 amide bonds. The predicted octanol–water partition coefficient (Wildman–Crippen LogP) is 2.59. The lowest BCUT2D eigenvalue weighted by Crippen LogP contribution is -2.43. The molecule has 1 saturated heterocycles. The van der Waals surface area contributed by atoms with Gasteiger partial charge in [0.2, 0.25) is 0 Å². The first kappa shape index (κ1) is 11.7. The molecular weight excluding hydrogens is 220 g/mol. The van der Waals surface area contributed by atoms with Crippen LogP contribution in [0, 0.1) is 0 Å². The number of piperazine rings is 1. The molecule has 3 rings (SSSR count). The summed E-state index contributed by atoms with van der Waals surface area (Å²) in [5.74, 6) is 0. The van der Waals surface area contributed by atoms with Crippen molar-refractivity contribution in [2.75, 3.05) is 33.2 Å². The van der Waals surface area contributed by atoms with Crippen LogP contribution in [0.25, 0.3) is 10.8 Å². The van der Waals surface area contributed by atoms with Crippen molar-refractivity contribution in [3.8, 4) is 0 Å². The van der Waals surface area contributed by atoms with E-state index in [1.807, 2.05) is 0 Å². The van der Waals surface area contributed by atoms with Crippen LogP contribution in [0.15, 0.2) is 42.5 Å².